The van der Waals surface area contributed by atoms with Crippen molar-refractivity contribution in [2.24, 2.45) is 22.2 Å². The fraction of sp³-hybridized carbons (Fsp3) is 0.306. The van der Waals surface area contributed by atoms with Crippen LogP contribution in [0.3, 0.4) is 0 Å². The molecule has 0 saturated carbocycles. The van der Waals surface area contributed by atoms with E-state index in [0.29, 0.717) is 12.1 Å². The zero-order valence-corrected chi connectivity index (χ0v) is 28.3. The standard InChI is InChI=1S/C36H44N10O5/c1-22(47)43-31(19-27-20-40-21-42-27)35(51)46-30(17-23-8-3-2-4-9-23)34(50)44-28(12-7-15-41-36(38)39)33(49)45-29(32(37)48)18-24-13-14-25-10-5-6-11-26(25)16-24/h2-6,8-11,13-14,16,20-21,28-31H,7,12,15,17-19H2,1H3,(H2,37,48)(H,40,42)(H,43,47)(H,44,50)(H,45,49)(H,46,51)(H4,38,39,41)/t28-,29-,30-,31-/m0/s1. The van der Waals surface area contributed by atoms with Crippen LogP contribution in [0, 0.1) is 0 Å². The summed E-state index contributed by atoms with van der Waals surface area (Å²) in [6, 6.07) is 18.0. The molecule has 268 valence electrons. The Balaban J connectivity index is 1.55. The van der Waals surface area contributed by atoms with Gasteiger partial charge < -0.3 is 43.5 Å². The predicted octanol–water partition coefficient (Wildman–Crippen LogP) is 0.0888. The summed E-state index contributed by atoms with van der Waals surface area (Å²) < 4.78 is 0. The zero-order chi connectivity index (χ0) is 36.8. The number of nitrogens with one attached hydrogen (secondary N) is 5. The molecule has 4 rings (SSSR count). The van der Waals surface area contributed by atoms with Gasteiger partial charge in [0.25, 0.3) is 0 Å². The fourth-order valence-electron chi connectivity index (χ4n) is 5.54. The van der Waals surface area contributed by atoms with Crippen molar-refractivity contribution in [3.8, 4) is 0 Å². The number of H-pyrrole nitrogens is 1. The SMILES string of the molecule is CC(=O)N[C@@H](Cc1cnc[nH]1)C(=O)N[C@@H](Cc1ccccc1)C(=O)N[C@@H](CCCN=C(N)N)C(=O)N[C@@H](Cc1ccc2ccccc2c1)C(N)=O. The first-order chi connectivity index (χ1) is 24.5. The summed E-state index contributed by atoms with van der Waals surface area (Å²) >= 11 is 0. The van der Waals surface area contributed by atoms with Crippen molar-refractivity contribution in [1.29, 1.82) is 0 Å². The van der Waals surface area contributed by atoms with Gasteiger partial charge in [0.2, 0.25) is 29.5 Å². The summed E-state index contributed by atoms with van der Waals surface area (Å²) in [6.45, 7) is 1.46. The van der Waals surface area contributed by atoms with Gasteiger partial charge in [0, 0.05) is 44.6 Å². The Hall–Kier alpha value is -6.25. The van der Waals surface area contributed by atoms with Crippen molar-refractivity contribution in [2.45, 2.75) is 63.2 Å². The normalized spacial score (nSPS) is 13.2. The van der Waals surface area contributed by atoms with Gasteiger partial charge in [0.05, 0.1) is 6.33 Å². The lowest BCUT2D eigenvalue weighted by Gasteiger charge is -2.26. The van der Waals surface area contributed by atoms with Crippen LogP contribution in [0.1, 0.15) is 36.6 Å². The number of aromatic amines is 1. The van der Waals surface area contributed by atoms with Crippen LogP contribution in [-0.4, -0.2) is 76.2 Å². The number of fused-ring (bicyclic) bond motifs is 1. The highest BCUT2D eigenvalue weighted by Crippen LogP contribution is 2.17. The molecule has 1 heterocycles. The van der Waals surface area contributed by atoms with Crippen molar-refractivity contribution in [1.82, 2.24) is 31.2 Å². The van der Waals surface area contributed by atoms with Crippen molar-refractivity contribution in [3.05, 3.63) is 102 Å². The van der Waals surface area contributed by atoms with Crippen LogP contribution in [0.5, 0.6) is 0 Å². The predicted molar refractivity (Wildman–Crippen MR) is 193 cm³/mol. The molecule has 4 atom stereocenters. The minimum Gasteiger partial charge on any atom is -0.370 e. The number of benzene rings is 3. The number of hydrogen-bond acceptors (Lipinski definition) is 7. The first-order valence-corrected chi connectivity index (χ1v) is 16.5. The van der Waals surface area contributed by atoms with E-state index in [2.05, 4.69) is 36.2 Å². The van der Waals surface area contributed by atoms with Crippen molar-refractivity contribution in [2.75, 3.05) is 6.54 Å². The topological polar surface area (TPSA) is 253 Å². The van der Waals surface area contributed by atoms with E-state index < -0.39 is 53.7 Å². The molecule has 0 aliphatic rings. The second-order valence-electron chi connectivity index (χ2n) is 12.1. The van der Waals surface area contributed by atoms with Gasteiger partial charge in [-0.15, -0.1) is 0 Å². The highest BCUT2D eigenvalue weighted by atomic mass is 16.2. The second-order valence-corrected chi connectivity index (χ2v) is 12.1. The number of aromatic nitrogens is 2. The van der Waals surface area contributed by atoms with Gasteiger partial charge in [-0.1, -0.05) is 72.8 Å². The summed E-state index contributed by atoms with van der Waals surface area (Å²) in [7, 11) is 0. The number of nitrogens with zero attached hydrogens (tertiary/aromatic N) is 2. The summed E-state index contributed by atoms with van der Waals surface area (Å²) in [6.07, 6.45) is 3.65. The summed E-state index contributed by atoms with van der Waals surface area (Å²) in [5.41, 5.74) is 18.8. The van der Waals surface area contributed by atoms with E-state index in [4.69, 9.17) is 17.2 Å². The third kappa shape index (κ3) is 12.0. The van der Waals surface area contributed by atoms with E-state index in [9.17, 15) is 24.0 Å². The molecular formula is C36H44N10O5. The van der Waals surface area contributed by atoms with Crippen LogP contribution in [0.4, 0.5) is 0 Å². The molecule has 0 aliphatic carbocycles. The average molecular weight is 697 g/mol. The Morgan fingerprint density at radius 1 is 0.706 bits per heavy atom. The molecule has 3 aromatic carbocycles. The van der Waals surface area contributed by atoms with Crippen LogP contribution in [0.25, 0.3) is 10.8 Å². The van der Waals surface area contributed by atoms with Gasteiger partial charge in [-0.05, 0) is 34.7 Å². The maximum atomic E-state index is 14.0. The number of aliphatic imine (C=N–C) groups is 1. The molecule has 1 aromatic heterocycles. The molecule has 51 heavy (non-hydrogen) atoms. The molecule has 0 unspecified atom stereocenters. The Labute approximate surface area is 295 Å². The molecule has 0 aliphatic heterocycles. The monoisotopic (exact) mass is 696 g/mol. The Kier molecular flexibility index (Phi) is 13.6. The molecule has 5 amide bonds. The van der Waals surface area contributed by atoms with Crippen molar-refractivity contribution < 1.29 is 24.0 Å². The van der Waals surface area contributed by atoms with Crippen molar-refractivity contribution >= 4 is 46.3 Å². The van der Waals surface area contributed by atoms with Crippen LogP contribution in [0.15, 0.2) is 90.3 Å². The first-order valence-electron chi connectivity index (χ1n) is 16.5. The fourth-order valence-corrected chi connectivity index (χ4v) is 5.54. The average Bonchev–Trinajstić information content (AvgIpc) is 3.62. The number of hydrogen-bond donors (Lipinski definition) is 8. The van der Waals surface area contributed by atoms with Crippen LogP contribution in [0.2, 0.25) is 0 Å². The largest absolute Gasteiger partial charge is 0.370 e. The van der Waals surface area contributed by atoms with E-state index in [1.54, 1.807) is 24.3 Å². The Morgan fingerprint density at radius 2 is 1.31 bits per heavy atom. The molecule has 4 aromatic rings. The van der Waals surface area contributed by atoms with Gasteiger partial charge in [-0.2, -0.15) is 0 Å². The maximum absolute atomic E-state index is 14.0. The highest BCUT2D eigenvalue weighted by Gasteiger charge is 2.31. The third-order valence-corrected chi connectivity index (χ3v) is 8.08. The highest BCUT2D eigenvalue weighted by molar-refractivity contribution is 5.95. The van der Waals surface area contributed by atoms with Gasteiger partial charge in [0.15, 0.2) is 5.96 Å². The number of nitrogens with two attached hydrogens (primary N) is 3. The van der Waals surface area contributed by atoms with E-state index >= 15 is 0 Å². The smallest absolute Gasteiger partial charge is 0.243 e. The molecule has 15 nitrogen and oxygen atoms in total. The van der Waals surface area contributed by atoms with E-state index in [1.165, 1.54) is 19.4 Å². The Bertz CT molecular complexity index is 1830. The molecule has 0 saturated heterocycles. The molecule has 0 bridgehead atoms. The molecule has 11 N–H and O–H groups in total. The quantitative estimate of drug-likeness (QED) is 0.0401. The summed E-state index contributed by atoms with van der Waals surface area (Å²) in [5.74, 6) is -3.26. The number of carbonyl (C=O) groups is 5. The lowest BCUT2D eigenvalue weighted by atomic mass is 10.0. The van der Waals surface area contributed by atoms with Crippen LogP contribution < -0.4 is 38.5 Å². The van der Waals surface area contributed by atoms with Gasteiger partial charge >= 0.3 is 0 Å². The summed E-state index contributed by atoms with van der Waals surface area (Å²) in [4.78, 5) is 76.7. The number of rotatable bonds is 18. The van der Waals surface area contributed by atoms with Crippen LogP contribution in [-0.2, 0) is 43.2 Å². The molecular weight excluding hydrogens is 652 g/mol. The Morgan fingerprint density at radius 3 is 1.96 bits per heavy atom. The number of carbonyl (C=O) groups excluding carboxylic acids is 5. The second kappa shape index (κ2) is 18.5. The summed E-state index contributed by atoms with van der Waals surface area (Å²) in [5, 5.41) is 12.8. The van der Waals surface area contributed by atoms with E-state index in [0.717, 1.165) is 21.9 Å². The van der Waals surface area contributed by atoms with Gasteiger partial charge in [0.1, 0.15) is 24.2 Å². The molecule has 15 heteroatoms. The molecule has 0 radical (unpaired) electrons. The van der Waals surface area contributed by atoms with Crippen LogP contribution >= 0.6 is 0 Å². The van der Waals surface area contributed by atoms with Gasteiger partial charge in [-0.3, -0.25) is 29.0 Å². The number of primary amides is 1. The lowest BCUT2D eigenvalue weighted by molar-refractivity contribution is -0.134. The molecule has 0 fully saturated rings. The minimum atomic E-state index is -1.16. The van der Waals surface area contributed by atoms with E-state index in [-0.39, 0.29) is 38.2 Å². The van der Waals surface area contributed by atoms with Gasteiger partial charge in [-0.25, -0.2) is 4.98 Å². The lowest BCUT2D eigenvalue weighted by Crippen LogP contribution is -2.59. The molecule has 0 spiro atoms. The maximum Gasteiger partial charge on any atom is 0.243 e. The number of imidazole rings is 1. The van der Waals surface area contributed by atoms with Crippen molar-refractivity contribution in [3.63, 3.8) is 0 Å². The zero-order valence-electron chi connectivity index (χ0n) is 28.3. The number of amides is 5. The first kappa shape index (κ1) is 37.6. The number of guanidine groups is 1. The minimum absolute atomic E-state index is 0.0729. The third-order valence-electron chi connectivity index (χ3n) is 8.08. The van der Waals surface area contributed by atoms with E-state index in [1.807, 2.05) is 48.5 Å².